The molecule has 0 aliphatic carbocycles. The minimum atomic E-state index is -0.717. The predicted molar refractivity (Wildman–Crippen MR) is 104 cm³/mol. The number of esters is 2. The lowest BCUT2D eigenvalue weighted by Crippen LogP contribution is -2.15. The van der Waals surface area contributed by atoms with Gasteiger partial charge in [-0.1, -0.05) is 24.3 Å². The van der Waals surface area contributed by atoms with Crippen LogP contribution in [0, 0.1) is 0 Å². The molecule has 0 unspecified atom stereocenters. The monoisotopic (exact) mass is 391 g/mol. The highest BCUT2D eigenvalue weighted by Gasteiger charge is 2.32. The Labute approximate surface area is 166 Å². The molecule has 1 aliphatic rings. The SMILES string of the molecule is COC(=O)c1c(-c2ccc3c(c2)CC(=O)N3)nn(-c2ccccc2)c1C(=O)OC. The van der Waals surface area contributed by atoms with Gasteiger partial charge in [-0.05, 0) is 29.8 Å². The van der Waals surface area contributed by atoms with Crippen molar-refractivity contribution in [3.05, 3.63) is 65.4 Å². The number of hydrogen-bond acceptors (Lipinski definition) is 6. The number of anilines is 1. The highest BCUT2D eigenvalue weighted by atomic mass is 16.5. The van der Waals surface area contributed by atoms with Crippen LogP contribution in [0.3, 0.4) is 0 Å². The highest BCUT2D eigenvalue weighted by molar-refractivity contribution is 6.07. The van der Waals surface area contributed by atoms with Crippen LogP contribution in [0.4, 0.5) is 5.69 Å². The fraction of sp³-hybridized carbons (Fsp3) is 0.143. The van der Waals surface area contributed by atoms with E-state index in [1.54, 1.807) is 42.5 Å². The number of hydrogen-bond donors (Lipinski definition) is 1. The Hall–Kier alpha value is -3.94. The number of rotatable bonds is 4. The summed E-state index contributed by atoms with van der Waals surface area (Å²) in [6, 6.07) is 14.2. The maximum absolute atomic E-state index is 12.6. The molecular weight excluding hydrogens is 374 g/mol. The van der Waals surface area contributed by atoms with Gasteiger partial charge in [-0.2, -0.15) is 5.10 Å². The van der Waals surface area contributed by atoms with Crippen molar-refractivity contribution in [3.63, 3.8) is 0 Å². The van der Waals surface area contributed by atoms with Crippen LogP contribution in [0.5, 0.6) is 0 Å². The van der Waals surface area contributed by atoms with Gasteiger partial charge in [0.25, 0.3) is 0 Å². The summed E-state index contributed by atoms with van der Waals surface area (Å²) in [5, 5.41) is 7.31. The Balaban J connectivity index is 1.98. The van der Waals surface area contributed by atoms with Gasteiger partial charge in [0, 0.05) is 11.3 Å². The molecule has 0 saturated heterocycles. The van der Waals surface area contributed by atoms with E-state index in [2.05, 4.69) is 10.4 Å². The zero-order valence-corrected chi connectivity index (χ0v) is 15.8. The largest absolute Gasteiger partial charge is 0.465 e. The first-order valence-corrected chi connectivity index (χ1v) is 8.81. The fourth-order valence-corrected chi connectivity index (χ4v) is 3.33. The summed E-state index contributed by atoms with van der Waals surface area (Å²) in [7, 11) is 2.47. The molecule has 4 rings (SSSR count). The van der Waals surface area contributed by atoms with Crippen molar-refractivity contribution in [1.29, 1.82) is 0 Å². The first-order valence-electron chi connectivity index (χ1n) is 8.81. The quantitative estimate of drug-likeness (QED) is 0.687. The van der Waals surface area contributed by atoms with Gasteiger partial charge in [0.2, 0.25) is 5.91 Å². The summed E-state index contributed by atoms with van der Waals surface area (Å²) in [4.78, 5) is 36.9. The molecule has 2 heterocycles. The van der Waals surface area contributed by atoms with E-state index in [1.165, 1.54) is 18.9 Å². The molecule has 0 radical (unpaired) electrons. The number of para-hydroxylation sites is 1. The first kappa shape index (κ1) is 18.4. The molecule has 2 aromatic carbocycles. The third-order valence-electron chi connectivity index (χ3n) is 4.66. The molecule has 1 aromatic heterocycles. The van der Waals surface area contributed by atoms with Gasteiger partial charge in [-0.3, -0.25) is 4.79 Å². The second-order valence-corrected chi connectivity index (χ2v) is 6.40. The van der Waals surface area contributed by atoms with Crippen molar-refractivity contribution in [2.45, 2.75) is 6.42 Å². The van der Waals surface area contributed by atoms with Crippen LogP contribution in [0.25, 0.3) is 16.9 Å². The third kappa shape index (κ3) is 3.14. The average Bonchev–Trinajstić information content (AvgIpc) is 3.32. The number of amides is 1. The Kier molecular flexibility index (Phi) is 4.59. The number of benzene rings is 2. The molecule has 0 saturated carbocycles. The van der Waals surface area contributed by atoms with Gasteiger partial charge >= 0.3 is 11.9 Å². The topological polar surface area (TPSA) is 99.5 Å². The van der Waals surface area contributed by atoms with Gasteiger partial charge in [-0.25, -0.2) is 14.3 Å². The molecule has 0 atom stereocenters. The van der Waals surface area contributed by atoms with Crippen LogP contribution in [0.2, 0.25) is 0 Å². The van der Waals surface area contributed by atoms with E-state index < -0.39 is 11.9 Å². The summed E-state index contributed by atoms with van der Waals surface area (Å²) >= 11 is 0. The van der Waals surface area contributed by atoms with E-state index in [0.29, 0.717) is 16.9 Å². The number of methoxy groups -OCH3 is 2. The molecule has 0 fully saturated rings. The number of carbonyl (C=O) groups is 3. The van der Waals surface area contributed by atoms with E-state index in [0.717, 1.165) is 5.56 Å². The summed E-state index contributed by atoms with van der Waals surface area (Å²) in [6.07, 6.45) is 0.236. The maximum atomic E-state index is 12.6. The molecule has 1 aliphatic heterocycles. The molecule has 1 N–H and O–H groups in total. The van der Waals surface area contributed by atoms with E-state index >= 15 is 0 Å². The van der Waals surface area contributed by atoms with Gasteiger partial charge in [0.05, 0.1) is 26.3 Å². The Morgan fingerprint density at radius 3 is 2.45 bits per heavy atom. The number of nitrogens with zero attached hydrogens (tertiary/aromatic N) is 2. The number of aromatic nitrogens is 2. The van der Waals surface area contributed by atoms with Crippen molar-refractivity contribution in [1.82, 2.24) is 9.78 Å². The predicted octanol–water partition coefficient (Wildman–Crippen LogP) is 2.61. The van der Waals surface area contributed by atoms with E-state index in [-0.39, 0.29) is 29.3 Å². The van der Waals surface area contributed by atoms with E-state index in [9.17, 15) is 14.4 Å². The van der Waals surface area contributed by atoms with Gasteiger partial charge in [0.15, 0.2) is 5.69 Å². The first-order chi connectivity index (χ1) is 14.0. The highest BCUT2D eigenvalue weighted by Crippen LogP contribution is 2.33. The van der Waals surface area contributed by atoms with Gasteiger partial charge in [-0.15, -0.1) is 0 Å². The maximum Gasteiger partial charge on any atom is 0.357 e. The van der Waals surface area contributed by atoms with Gasteiger partial charge < -0.3 is 14.8 Å². The Bertz CT molecular complexity index is 1130. The lowest BCUT2D eigenvalue weighted by atomic mass is 10.0. The summed E-state index contributed by atoms with van der Waals surface area (Å²) in [5.74, 6) is -1.53. The number of nitrogens with one attached hydrogen (secondary N) is 1. The Morgan fingerprint density at radius 2 is 1.76 bits per heavy atom. The summed E-state index contributed by atoms with van der Waals surface area (Å²) < 4.78 is 11.2. The van der Waals surface area contributed by atoms with Crippen LogP contribution >= 0.6 is 0 Å². The Morgan fingerprint density at radius 1 is 1.03 bits per heavy atom. The van der Waals surface area contributed by atoms with Gasteiger partial charge in [0.1, 0.15) is 11.3 Å². The van der Waals surface area contributed by atoms with Crippen molar-refractivity contribution < 1.29 is 23.9 Å². The lowest BCUT2D eigenvalue weighted by Gasteiger charge is -2.07. The molecule has 0 bridgehead atoms. The number of fused-ring (bicyclic) bond motifs is 1. The zero-order valence-electron chi connectivity index (χ0n) is 15.8. The molecule has 3 aromatic rings. The molecule has 0 spiro atoms. The van der Waals surface area contributed by atoms with Crippen molar-refractivity contribution in [2.75, 3.05) is 19.5 Å². The molecule has 8 heteroatoms. The van der Waals surface area contributed by atoms with Crippen LogP contribution < -0.4 is 5.32 Å². The molecule has 29 heavy (non-hydrogen) atoms. The third-order valence-corrected chi connectivity index (χ3v) is 4.66. The lowest BCUT2D eigenvalue weighted by molar-refractivity contribution is -0.115. The van der Waals surface area contributed by atoms with E-state index in [4.69, 9.17) is 9.47 Å². The minimum absolute atomic E-state index is 0.000403. The molecule has 146 valence electrons. The van der Waals surface area contributed by atoms with Crippen molar-refractivity contribution in [2.24, 2.45) is 0 Å². The fourth-order valence-electron chi connectivity index (χ4n) is 3.33. The minimum Gasteiger partial charge on any atom is -0.465 e. The number of ether oxygens (including phenoxy) is 2. The molecular formula is C21H17N3O5. The summed E-state index contributed by atoms with van der Waals surface area (Å²) in [5.41, 5.74) is 2.91. The van der Waals surface area contributed by atoms with Crippen molar-refractivity contribution in [3.8, 4) is 16.9 Å². The normalized spacial score (nSPS) is 12.3. The second kappa shape index (κ2) is 7.23. The van der Waals surface area contributed by atoms with E-state index in [1.807, 2.05) is 6.07 Å². The molecule has 1 amide bonds. The standard InChI is InChI=1S/C21H17N3O5/c1-28-20(26)17-18(12-8-9-15-13(10-12)11-16(25)22-15)23-24(19(17)21(27)29-2)14-6-4-3-5-7-14/h3-10H,11H2,1-2H3,(H,22,25). The van der Waals surface area contributed by atoms with Crippen LogP contribution in [-0.2, 0) is 20.7 Å². The average molecular weight is 391 g/mol. The zero-order chi connectivity index (χ0) is 20.5. The van der Waals surface area contributed by atoms with Crippen molar-refractivity contribution >= 4 is 23.5 Å². The number of carbonyl (C=O) groups excluding carboxylic acids is 3. The van der Waals surface area contributed by atoms with Crippen LogP contribution in [0.1, 0.15) is 26.4 Å². The van der Waals surface area contributed by atoms with Crippen LogP contribution in [0.15, 0.2) is 48.5 Å². The van der Waals surface area contributed by atoms with Crippen LogP contribution in [-0.4, -0.2) is 41.8 Å². The summed E-state index contributed by atoms with van der Waals surface area (Å²) in [6.45, 7) is 0. The molecule has 8 nitrogen and oxygen atoms in total. The smallest absolute Gasteiger partial charge is 0.357 e. The second-order valence-electron chi connectivity index (χ2n) is 6.40.